The standard InChI is InChI=1S/C14H16N2OS/c1-9-4-5-10(2)12(8-9)13(17)11(3)18-14-15-6-7-16-14/h4-8,11H,1-3H3,(H,15,16). The number of rotatable bonds is 4. The van der Waals surface area contributed by atoms with Crippen LogP contribution in [0.3, 0.4) is 0 Å². The SMILES string of the molecule is Cc1ccc(C)c(C(=O)C(C)Sc2ncc[nH]2)c1. The van der Waals surface area contributed by atoms with Crippen LogP contribution in [-0.2, 0) is 0 Å². The predicted octanol–water partition coefficient (Wildman–Crippen LogP) is 3.39. The third-order valence-corrected chi connectivity index (χ3v) is 3.80. The summed E-state index contributed by atoms with van der Waals surface area (Å²) < 4.78 is 0. The van der Waals surface area contributed by atoms with E-state index in [1.54, 1.807) is 12.4 Å². The molecule has 0 saturated heterocycles. The third-order valence-electron chi connectivity index (χ3n) is 2.79. The van der Waals surface area contributed by atoms with Crippen molar-refractivity contribution in [3.8, 4) is 0 Å². The molecule has 2 rings (SSSR count). The summed E-state index contributed by atoms with van der Waals surface area (Å²) in [5.74, 6) is 0.151. The molecule has 1 unspecified atom stereocenters. The number of aromatic nitrogens is 2. The Morgan fingerprint density at radius 3 is 2.83 bits per heavy atom. The molecular formula is C14H16N2OS. The number of Topliss-reactive ketones (excluding diaryl/α,β-unsaturated/α-hetero) is 1. The summed E-state index contributed by atoms with van der Waals surface area (Å²) in [6.07, 6.45) is 3.45. The van der Waals surface area contributed by atoms with Gasteiger partial charge in [-0.05, 0) is 32.4 Å². The highest BCUT2D eigenvalue weighted by atomic mass is 32.2. The highest BCUT2D eigenvalue weighted by Crippen LogP contribution is 2.24. The number of carbonyl (C=O) groups excluding carboxylic acids is 1. The van der Waals surface area contributed by atoms with Crippen LogP contribution in [-0.4, -0.2) is 21.0 Å². The van der Waals surface area contributed by atoms with Crippen LogP contribution < -0.4 is 0 Å². The number of benzene rings is 1. The maximum atomic E-state index is 12.4. The van der Waals surface area contributed by atoms with Gasteiger partial charge in [0.1, 0.15) is 0 Å². The van der Waals surface area contributed by atoms with Crippen LogP contribution in [0.5, 0.6) is 0 Å². The fraction of sp³-hybridized carbons (Fsp3) is 0.286. The Morgan fingerprint density at radius 1 is 1.39 bits per heavy atom. The molecule has 18 heavy (non-hydrogen) atoms. The first-order valence-electron chi connectivity index (χ1n) is 5.85. The Bertz CT molecular complexity index is 549. The van der Waals surface area contributed by atoms with Crippen LogP contribution >= 0.6 is 11.8 Å². The van der Waals surface area contributed by atoms with E-state index in [4.69, 9.17) is 0 Å². The van der Waals surface area contributed by atoms with Crippen molar-refractivity contribution in [2.75, 3.05) is 0 Å². The van der Waals surface area contributed by atoms with Gasteiger partial charge in [-0.1, -0.05) is 29.5 Å². The van der Waals surface area contributed by atoms with Crippen molar-refractivity contribution >= 4 is 17.5 Å². The second-order valence-corrected chi connectivity index (χ2v) is 5.67. The molecule has 0 saturated carbocycles. The van der Waals surface area contributed by atoms with E-state index >= 15 is 0 Å². The van der Waals surface area contributed by atoms with Gasteiger partial charge in [-0.2, -0.15) is 0 Å². The van der Waals surface area contributed by atoms with E-state index in [0.29, 0.717) is 0 Å². The molecule has 94 valence electrons. The zero-order valence-electron chi connectivity index (χ0n) is 10.7. The minimum atomic E-state index is -0.142. The highest BCUT2D eigenvalue weighted by molar-refractivity contribution is 8.00. The lowest BCUT2D eigenvalue weighted by Crippen LogP contribution is -2.15. The summed E-state index contributed by atoms with van der Waals surface area (Å²) in [6, 6.07) is 5.97. The number of ketones is 1. The molecule has 0 aliphatic heterocycles. The second-order valence-electron chi connectivity index (χ2n) is 4.34. The van der Waals surface area contributed by atoms with Gasteiger partial charge in [-0.25, -0.2) is 4.98 Å². The number of H-pyrrole nitrogens is 1. The molecule has 1 aromatic heterocycles. The molecule has 4 heteroatoms. The number of hydrogen-bond acceptors (Lipinski definition) is 3. The minimum absolute atomic E-state index is 0.142. The number of aryl methyl sites for hydroxylation is 2. The van der Waals surface area contributed by atoms with Crippen LogP contribution in [0.2, 0.25) is 0 Å². The van der Waals surface area contributed by atoms with Gasteiger partial charge >= 0.3 is 0 Å². The van der Waals surface area contributed by atoms with Gasteiger partial charge in [0.05, 0.1) is 5.25 Å². The molecule has 0 spiro atoms. The van der Waals surface area contributed by atoms with Gasteiger partial charge < -0.3 is 4.98 Å². The number of carbonyl (C=O) groups is 1. The zero-order chi connectivity index (χ0) is 13.1. The smallest absolute Gasteiger partial charge is 0.176 e. The summed E-state index contributed by atoms with van der Waals surface area (Å²) in [6.45, 7) is 5.88. The predicted molar refractivity (Wildman–Crippen MR) is 74.2 cm³/mol. The summed E-state index contributed by atoms with van der Waals surface area (Å²) >= 11 is 1.45. The number of nitrogens with zero attached hydrogens (tertiary/aromatic N) is 1. The topological polar surface area (TPSA) is 45.8 Å². The van der Waals surface area contributed by atoms with Crippen molar-refractivity contribution < 1.29 is 4.79 Å². The van der Waals surface area contributed by atoms with Crippen LogP contribution in [0.25, 0.3) is 0 Å². The van der Waals surface area contributed by atoms with E-state index in [2.05, 4.69) is 9.97 Å². The summed E-state index contributed by atoms with van der Waals surface area (Å²) in [4.78, 5) is 19.5. The van der Waals surface area contributed by atoms with Crippen molar-refractivity contribution in [2.45, 2.75) is 31.2 Å². The van der Waals surface area contributed by atoms with E-state index in [9.17, 15) is 4.79 Å². The summed E-state index contributed by atoms with van der Waals surface area (Å²) in [7, 11) is 0. The molecule has 1 atom stereocenters. The Morgan fingerprint density at radius 2 is 2.17 bits per heavy atom. The molecule has 1 N–H and O–H groups in total. The Kier molecular flexibility index (Phi) is 3.87. The average Bonchev–Trinajstić information content (AvgIpc) is 2.84. The van der Waals surface area contributed by atoms with E-state index in [0.717, 1.165) is 21.8 Å². The molecule has 0 radical (unpaired) electrons. The van der Waals surface area contributed by atoms with Crippen LogP contribution in [0.15, 0.2) is 35.7 Å². The zero-order valence-corrected chi connectivity index (χ0v) is 11.5. The summed E-state index contributed by atoms with van der Waals surface area (Å²) in [5, 5.41) is 0.637. The third kappa shape index (κ3) is 2.82. The Balaban J connectivity index is 2.17. The Hall–Kier alpha value is -1.55. The minimum Gasteiger partial charge on any atom is -0.340 e. The molecule has 0 aliphatic rings. The first-order valence-corrected chi connectivity index (χ1v) is 6.73. The molecule has 0 amide bonds. The van der Waals surface area contributed by atoms with Crippen LogP contribution in [0, 0.1) is 13.8 Å². The fourth-order valence-electron chi connectivity index (χ4n) is 1.76. The van der Waals surface area contributed by atoms with Crippen molar-refractivity contribution in [2.24, 2.45) is 0 Å². The van der Waals surface area contributed by atoms with Gasteiger partial charge in [-0.3, -0.25) is 4.79 Å². The van der Waals surface area contributed by atoms with Crippen molar-refractivity contribution in [1.29, 1.82) is 0 Å². The van der Waals surface area contributed by atoms with Gasteiger partial charge in [0, 0.05) is 18.0 Å². The molecule has 0 fully saturated rings. The highest BCUT2D eigenvalue weighted by Gasteiger charge is 2.19. The molecule has 3 nitrogen and oxygen atoms in total. The normalized spacial score (nSPS) is 12.4. The average molecular weight is 260 g/mol. The van der Waals surface area contributed by atoms with E-state index in [-0.39, 0.29) is 11.0 Å². The lowest BCUT2D eigenvalue weighted by atomic mass is 10.0. The molecule has 0 bridgehead atoms. The molecule has 2 aromatic rings. The molecule has 0 aliphatic carbocycles. The van der Waals surface area contributed by atoms with E-state index in [1.165, 1.54) is 11.8 Å². The number of hydrogen-bond donors (Lipinski definition) is 1. The Labute approximate surface area is 111 Å². The fourth-order valence-corrected chi connectivity index (χ4v) is 2.58. The molecule has 1 aromatic carbocycles. The number of nitrogens with one attached hydrogen (secondary N) is 1. The number of thioether (sulfide) groups is 1. The van der Waals surface area contributed by atoms with Gasteiger partial charge in [0.2, 0.25) is 0 Å². The summed E-state index contributed by atoms with van der Waals surface area (Å²) in [5.41, 5.74) is 2.94. The molecular weight excluding hydrogens is 244 g/mol. The first kappa shape index (κ1) is 12.9. The largest absolute Gasteiger partial charge is 0.340 e. The maximum Gasteiger partial charge on any atom is 0.176 e. The van der Waals surface area contributed by atoms with Crippen molar-refractivity contribution in [3.63, 3.8) is 0 Å². The quantitative estimate of drug-likeness (QED) is 0.677. The van der Waals surface area contributed by atoms with E-state index in [1.807, 2.05) is 39.0 Å². The van der Waals surface area contributed by atoms with Gasteiger partial charge in [-0.15, -0.1) is 0 Å². The van der Waals surface area contributed by atoms with Gasteiger partial charge in [0.15, 0.2) is 10.9 Å². The van der Waals surface area contributed by atoms with Crippen molar-refractivity contribution in [1.82, 2.24) is 9.97 Å². The monoisotopic (exact) mass is 260 g/mol. The molecule has 1 heterocycles. The number of imidazole rings is 1. The maximum absolute atomic E-state index is 12.4. The lowest BCUT2D eigenvalue weighted by Gasteiger charge is -2.11. The second kappa shape index (κ2) is 5.40. The van der Waals surface area contributed by atoms with Gasteiger partial charge in [0.25, 0.3) is 0 Å². The number of aromatic amines is 1. The van der Waals surface area contributed by atoms with Crippen molar-refractivity contribution in [3.05, 3.63) is 47.3 Å². The van der Waals surface area contributed by atoms with Crippen LogP contribution in [0.1, 0.15) is 28.4 Å². The lowest BCUT2D eigenvalue weighted by molar-refractivity contribution is 0.0993. The van der Waals surface area contributed by atoms with Crippen LogP contribution in [0.4, 0.5) is 0 Å². The first-order chi connectivity index (χ1) is 8.58. The van der Waals surface area contributed by atoms with E-state index < -0.39 is 0 Å².